The Bertz CT molecular complexity index is 1060. The molecule has 3 heterocycles. The molecule has 0 spiro atoms. The number of hydrogen-bond donors (Lipinski definition) is 0. The number of amides is 1. The smallest absolute Gasteiger partial charge is 0.253 e. The van der Waals surface area contributed by atoms with E-state index in [-0.39, 0.29) is 5.91 Å². The minimum Gasteiger partial charge on any atom is -0.365 e. The van der Waals surface area contributed by atoms with Crippen molar-refractivity contribution in [3.05, 3.63) is 71.2 Å². The summed E-state index contributed by atoms with van der Waals surface area (Å²) in [6.45, 7) is 6.85. The third-order valence-electron chi connectivity index (χ3n) is 5.26. The monoisotopic (exact) mass is 386 g/mol. The van der Waals surface area contributed by atoms with Gasteiger partial charge in [-0.05, 0) is 50.2 Å². The van der Waals surface area contributed by atoms with Crippen LogP contribution in [0.25, 0.3) is 5.82 Å². The van der Waals surface area contributed by atoms with Crippen molar-refractivity contribution in [3.63, 3.8) is 0 Å². The van der Waals surface area contributed by atoms with Gasteiger partial charge in [0.05, 0.1) is 28.7 Å². The summed E-state index contributed by atoms with van der Waals surface area (Å²) in [5.74, 6) is 0.806. The molecule has 1 aromatic carbocycles. The van der Waals surface area contributed by atoms with E-state index in [2.05, 4.69) is 28.0 Å². The molecule has 3 aromatic rings. The summed E-state index contributed by atoms with van der Waals surface area (Å²) in [5.41, 5.74) is 4.30. The van der Waals surface area contributed by atoms with Gasteiger partial charge in [0.15, 0.2) is 5.82 Å². The summed E-state index contributed by atoms with van der Waals surface area (Å²) in [5, 5.41) is 13.6. The fourth-order valence-corrected chi connectivity index (χ4v) is 3.80. The molecule has 29 heavy (non-hydrogen) atoms. The Morgan fingerprint density at radius 1 is 1.03 bits per heavy atom. The highest BCUT2D eigenvalue weighted by atomic mass is 16.2. The van der Waals surface area contributed by atoms with Gasteiger partial charge in [0.2, 0.25) is 0 Å². The van der Waals surface area contributed by atoms with Crippen molar-refractivity contribution in [2.45, 2.75) is 13.8 Å². The second kappa shape index (κ2) is 7.76. The Morgan fingerprint density at radius 2 is 1.76 bits per heavy atom. The molecule has 1 amide bonds. The quantitative estimate of drug-likeness (QED) is 0.692. The Kier molecular flexibility index (Phi) is 5.00. The SMILES string of the molecule is Cc1nn(-c2ccccn2)c(C)c1N1CCN(C(=O)c2ccc(C#N)cc2)CC1. The maximum atomic E-state index is 12.8. The summed E-state index contributed by atoms with van der Waals surface area (Å²) in [6.07, 6.45) is 1.76. The van der Waals surface area contributed by atoms with Gasteiger partial charge in [0.1, 0.15) is 0 Å². The van der Waals surface area contributed by atoms with Crippen molar-refractivity contribution >= 4 is 11.6 Å². The summed E-state index contributed by atoms with van der Waals surface area (Å²) in [6, 6.07) is 14.7. The van der Waals surface area contributed by atoms with E-state index in [0.717, 1.165) is 36.0 Å². The van der Waals surface area contributed by atoms with E-state index in [4.69, 9.17) is 5.26 Å². The van der Waals surface area contributed by atoms with Crippen LogP contribution in [-0.2, 0) is 0 Å². The van der Waals surface area contributed by atoms with Crippen LogP contribution in [0.1, 0.15) is 27.3 Å². The number of carbonyl (C=O) groups excluding carboxylic acids is 1. The average Bonchev–Trinajstić information content (AvgIpc) is 3.08. The van der Waals surface area contributed by atoms with Gasteiger partial charge >= 0.3 is 0 Å². The second-order valence-electron chi connectivity index (χ2n) is 7.09. The number of aromatic nitrogens is 3. The van der Waals surface area contributed by atoms with Gasteiger partial charge in [-0.2, -0.15) is 10.4 Å². The number of carbonyl (C=O) groups is 1. The first-order chi connectivity index (χ1) is 14.1. The largest absolute Gasteiger partial charge is 0.365 e. The molecule has 0 unspecified atom stereocenters. The van der Waals surface area contributed by atoms with E-state index in [1.54, 1.807) is 30.5 Å². The van der Waals surface area contributed by atoms with E-state index < -0.39 is 0 Å². The highest BCUT2D eigenvalue weighted by Gasteiger charge is 2.26. The van der Waals surface area contributed by atoms with E-state index in [1.807, 2.05) is 34.7 Å². The molecule has 1 fully saturated rings. The Hall–Kier alpha value is -3.66. The number of aryl methyl sites for hydroxylation is 1. The van der Waals surface area contributed by atoms with Crippen molar-refractivity contribution in [2.24, 2.45) is 0 Å². The third kappa shape index (κ3) is 3.57. The number of benzene rings is 1. The lowest BCUT2D eigenvalue weighted by Crippen LogP contribution is -2.49. The lowest BCUT2D eigenvalue weighted by Gasteiger charge is -2.36. The van der Waals surface area contributed by atoms with Gasteiger partial charge in [-0.3, -0.25) is 4.79 Å². The van der Waals surface area contributed by atoms with Crippen molar-refractivity contribution < 1.29 is 4.79 Å². The lowest BCUT2D eigenvalue weighted by atomic mass is 10.1. The zero-order valence-electron chi connectivity index (χ0n) is 16.5. The number of piperazine rings is 1. The second-order valence-corrected chi connectivity index (χ2v) is 7.09. The molecule has 0 radical (unpaired) electrons. The van der Waals surface area contributed by atoms with E-state index >= 15 is 0 Å². The number of anilines is 1. The molecule has 0 bridgehead atoms. The number of hydrogen-bond acceptors (Lipinski definition) is 5. The molecule has 1 saturated heterocycles. The zero-order chi connectivity index (χ0) is 20.4. The molecule has 7 heteroatoms. The number of rotatable bonds is 3. The first-order valence-electron chi connectivity index (χ1n) is 9.60. The summed E-state index contributed by atoms with van der Waals surface area (Å²) in [4.78, 5) is 21.3. The summed E-state index contributed by atoms with van der Waals surface area (Å²) in [7, 11) is 0. The van der Waals surface area contributed by atoms with Crippen LogP contribution in [0.2, 0.25) is 0 Å². The average molecular weight is 386 g/mol. The fraction of sp³-hybridized carbons (Fsp3) is 0.273. The standard InChI is InChI=1S/C22H22N6O/c1-16-21(17(2)28(25-16)20-5-3-4-10-24-20)26-11-13-27(14-12-26)22(29)19-8-6-18(15-23)7-9-19/h3-10H,11-14H2,1-2H3. The van der Waals surface area contributed by atoms with Gasteiger partial charge < -0.3 is 9.80 Å². The van der Waals surface area contributed by atoms with Crippen LogP contribution in [0.5, 0.6) is 0 Å². The number of pyridine rings is 1. The first-order valence-corrected chi connectivity index (χ1v) is 9.60. The highest BCUT2D eigenvalue weighted by Crippen LogP contribution is 2.27. The van der Waals surface area contributed by atoms with Crippen molar-refractivity contribution in [1.82, 2.24) is 19.7 Å². The Balaban J connectivity index is 1.48. The molecular formula is C22H22N6O. The Labute approximate surface area is 169 Å². The molecule has 1 aliphatic heterocycles. The predicted molar refractivity (Wildman–Crippen MR) is 110 cm³/mol. The molecule has 2 aromatic heterocycles. The molecule has 0 saturated carbocycles. The van der Waals surface area contributed by atoms with Crippen LogP contribution in [0.4, 0.5) is 5.69 Å². The van der Waals surface area contributed by atoms with Crippen LogP contribution in [-0.4, -0.2) is 51.8 Å². The molecule has 1 aliphatic rings. The van der Waals surface area contributed by atoms with Crippen LogP contribution >= 0.6 is 0 Å². The van der Waals surface area contributed by atoms with Gasteiger partial charge in [-0.25, -0.2) is 9.67 Å². The van der Waals surface area contributed by atoms with E-state index in [0.29, 0.717) is 24.2 Å². The first kappa shape index (κ1) is 18.7. The van der Waals surface area contributed by atoms with Crippen molar-refractivity contribution in [1.29, 1.82) is 5.26 Å². The van der Waals surface area contributed by atoms with Crippen LogP contribution in [0.3, 0.4) is 0 Å². The lowest BCUT2D eigenvalue weighted by molar-refractivity contribution is 0.0747. The van der Waals surface area contributed by atoms with Gasteiger partial charge in [0.25, 0.3) is 5.91 Å². The molecule has 0 N–H and O–H groups in total. The van der Waals surface area contributed by atoms with Gasteiger partial charge in [0, 0.05) is 37.9 Å². The van der Waals surface area contributed by atoms with E-state index in [9.17, 15) is 4.79 Å². The maximum Gasteiger partial charge on any atom is 0.253 e. The van der Waals surface area contributed by atoms with E-state index in [1.165, 1.54) is 0 Å². The minimum atomic E-state index is 0.00626. The summed E-state index contributed by atoms with van der Waals surface area (Å²) < 4.78 is 1.87. The van der Waals surface area contributed by atoms with Crippen molar-refractivity contribution in [2.75, 3.05) is 31.1 Å². The molecule has 0 atom stereocenters. The number of nitrogens with zero attached hydrogens (tertiary/aromatic N) is 6. The molecule has 146 valence electrons. The van der Waals surface area contributed by atoms with Crippen LogP contribution < -0.4 is 4.90 Å². The molecule has 7 nitrogen and oxygen atoms in total. The van der Waals surface area contributed by atoms with Crippen LogP contribution in [0, 0.1) is 25.2 Å². The summed E-state index contributed by atoms with van der Waals surface area (Å²) >= 11 is 0. The topological polar surface area (TPSA) is 78.1 Å². The van der Waals surface area contributed by atoms with Crippen molar-refractivity contribution in [3.8, 4) is 11.9 Å². The molecule has 0 aliphatic carbocycles. The Morgan fingerprint density at radius 3 is 2.38 bits per heavy atom. The third-order valence-corrected chi connectivity index (χ3v) is 5.26. The fourth-order valence-electron chi connectivity index (χ4n) is 3.80. The minimum absolute atomic E-state index is 0.00626. The highest BCUT2D eigenvalue weighted by molar-refractivity contribution is 5.94. The van der Waals surface area contributed by atoms with Gasteiger partial charge in [-0.1, -0.05) is 6.07 Å². The molecular weight excluding hydrogens is 364 g/mol. The normalized spacial score (nSPS) is 14.0. The predicted octanol–water partition coefficient (Wildman–Crippen LogP) is 2.72. The molecule has 4 rings (SSSR count). The zero-order valence-corrected chi connectivity index (χ0v) is 16.5. The maximum absolute atomic E-state index is 12.8. The van der Waals surface area contributed by atoms with Crippen LogP contribution in [0.15, 0.2) is 48.7 Å². The number of nitriles is 1. The van der Waals surface area contributed by atoms with Gasteiger partial charge in [-0.15, -0.1) is 0 Å².